The Morgan fingerprint density at radius 2 is 1.59 bits per heavy atom. The molecule has 7 nitrogen and oxygen atoms in total. The number of benzene rings is 2. The molecule has 0 spiro atoms. The molecule has 0 aromatic heterocycles. The highest BCUT2D eigenvalue weighted by Crippen LogP contribution is 2.39. The number of hydrogen-bond donors (Lipinski definition) is 1. The minimum Gasteiger partial charge on any atom is -0.349 e. The summed E-state index contributed by atoms with van der Waals surface area (Å²) in [5, 5.41) is 3.31. The van der Waals surface area contributed by atoms with Crippen LogP contribution in [-0.2, 0) is 22.0 Å². The van der Waals surface area contributed by atoms with Crippen LogP contribution >= 0.6 is 0 Å². The summed E-state index contributed by atoms with van der Waals surface area (Å²) in [4.78, 5) is 18.1. The van der Waals surface area contributed by atoms with Crippen molar-refractivity contribution in [3.8, 4) is 0 Å². The van der Waals surface area contributed by atoms with Crippen LogP contribution in [0.25, 0.3) is 0 Å². The fourth-order valence-corrected chi connectivity index (χ4v) is 6.45. The quantitative estimate of drug-likeness (QED) is 0.483. The van der Waals surface area contributed by atoms with Crippen LogP contribution in [0.5, 0.6) is 0 Å². The molecule has 2 aromatic carbocycles. The third kappa shape index (κ3) is 6.99. The molecule has 1 N–H and O–H groups in total. The summed E-state index contributed by atoms with van der Waals surface area (Å²) in [6, 6.07) is 18.3. The fraction of sp³-hybridized carbons (Fsp3) is 0.552. The highest BCUT2D eigenvalue weighted by Gasteiger charge is 2.43. The average Bonchev–Trinajstić information content (AvgIpc) is 2.89. The Kier molecular flexibility index (Phi) is 9.92. The molecule has 2 atom stereocenters. The molecule has 1 unspecified atom stereocenters. The lowest BCUT2D eigenvalue weighted by Gasteiger charge is -2.45. The van der Waals surface area contributed by atoms with Gasteiger partial charge in [0.05, 0.1) is 5.75 Å². The fourth-order valence-electron chi connectivity index (χ4n) is 5.35. The molecule has 1 saturated heterocycles. The van der Waals surface area contributed by atoms with Crippen molar-refractivity contribution in [2.24, 2.45) is 0 Å². The molecule has 8 heteroatoms. The van der Waals surface area contributed by atoms with Crippen LogP contribution in [0.4, 0.5) is 0 Å². The second-order valence-corrected chi connectivity index (χ2v) is 12.9. The molecule has 37 heavy (non-hydrogen) atoms. The van der Waals surface area contributed by atoms with Crippen LogP contribution in [0.2, 0.25) is 0 Å². The number of carbonyl (C=O) groups excluding carboxylic acids is 1. The van der Waals surface area contributed by atoms with Crippen molar-refractivity contribution in [3.63, 3.8) is 0 Å². The van der Waals surface area contributed by atoms with E-state index < -0.39 is 10.0 Å². The van der Waals surface area contributed by atoms with Gasteiger partial charge >= 0.3 is 0 Å². The van der Waals surface area contributed by atoms with Crippen LogP contribution in [0.3, 0.4) is 0 Å². The van der Waals surface area contributed by atoms with E-state index in [2.05, 4.69) is 62.2 Å². The van der Waals surface area contributed by atoms with E-state index in [9.17, 15) is 13.2 Å². The van der Waals surface area contributed by atoms with Crippen LogP contribution in [-0.4, -0.2) is 87.0 Å². The normalized spacial score (nSPS) is 18.1. The molecule has 0 aliphatic carbocycles. The molecule has 1 amide bonds. The van der Waals surface area contributed by atoms with E-state index >= 15 is 0 Å². The number of nitrogens with zero attached hydrogens (tertiary/aromatic N) is 3. The number of hydrogen-bond acceptors (Lipinski definition) is 5. The van der Waals surface area contributed by atoms with Crippen molar-refractivity contribution in [1.82, 2.24) is 19.4 Å². The summed E-state index contributed by atoms with van der Waals surface area (Å²) in [6.07, 6.45) is 1.31. The summed E-state index contributed by atoms with van der Waals surface area (Å²) in [5.74, 6) is 0.0204. The summed E-state index contributed by atoms with van der Waals surface area (Å²) < 4.78 is 26.6. The van der Waals surface area contributed by atoms with Gasteiger partial charge in [-0.1, -0.05) is 48.5 Å². The number of rotatable bonds is 11. The zero-order valence-corrected chi connectivity index (χ0v) is 24.1. The van der Waals surface area contributed by atoms with Crippen molar-refractivity contribution >= 4 is 15.9 Å². The van der Waals surface area contributed by atoms with Gasteiger partial charge in [-0.25, -0.2) is 12.7 Å². The van der Waals surface area contributed by atoms with E-state index in [0.29, 0.717) is 44.1 Å². The Morgan fingerprint density at radius 1 is 1.00 bits per heavy atom. The lowest BCUT2D eigenvalue weighted by Crippen LogP contribution is -2.55. The summed E-state index contributed by atoms with van der Waals surface area (Å²) in [7, 11) is 3.00. The van der Waals surface area contributed by atoms with E-state index in [0.717, 1.165) is 17.7 Å². The highest BCUT2D eigenvalue weighted by molar-refractivity contribution is 7.89. The van der Waals surface area contributed by atoms with Crippen molar-refractivity contribution < 1.29 is 13.2 Å². The first kappa shape index (κ1) is 29.3. The van der Waals surface area contributed by atoms with Crippen LogP contribution < -0.4 is 5.32 Å². The lowest BCUT2D eigenvalue weighted by atomic mass is 9.68. The molecule has 1 aliphatic heterocycles. The third-order valence-electron chi connectivity index (χ3n) is 8.06. The Labute approximate surface area is 223 Å². The van der Waals surface area contributed by atoms with Crippen molar-refractivity contribution in [2.45, 2.75) is 57.7 Å². The van der Waals surface area contributed by atoms with Gasteiger partial charge in [0.2, 0.25) is 10.0 Å². The average molecular weight is 529 g/mol. The van der Waals surface area contributed by atoms with Gasteiger partial charge in [0.15, 0.2) is 0 Å². The molecule has 1 fully saturated rings. The van der Waals surface area contributed by atoms with E-state index in [4.69, 9.17) is 0 Å². The first-order valence-corrected chi connectivity index (χ1v) is 14.9. The third-order valence-corrected chi connectivity index (χ3v) is 9.94. The van der Waals surface area contributed by atoms with E-state index in [1.165, 1.54) is 0 Å². The zero-order valence-electron chi connectivity index (χ0n) is 23.3. The molecule has 0 saturated carbocycles. The van der Waals surface area contributed by atoms with Crippen molar-refractivity contribution in [3.05, 3.63) is 71.3 Å². The Bertz CT molecular complexity index is 1130. The van der Waals surface area contributed by atoms with Gasteiger partial charge in [0.25, 0.3) is 5.91 Å². The predicted octanol–water partition coefficient (Wildman–Crippen LogP) is 3.57. The Hall–Kier alpha value is -2.26. The maximum atomic E-state index is 13.6. The van der Waals surface area contributed by atoms with Crippen molar-refractivity contribution in [2.75, 3.05) is 46.5 Å². The Morgan fingerprint density at radius 3 is 2.19 bits per heavy atom. The molecule has 204 valence electrons. The zero-order chi connectivity index (χ0) is 27.2. The minimum absolute atomic E-state index is 0.0870. The van der Waals surface area contributed by atoms with Crippen LogP contribution in [0.15, 0.2) is 54.6 Å². The molecular weight excluding hydrogens is 484 g/mol. The second-order valence-electron chi connectivity index (χ2n) is 10.7. The smallest absolute Gasteiger partial charge is 0.251 e. The summed E-state index contributed by atoms with van der Waals surface area (Å²) >= 11 is 0. The van der Waals surface area contributed by atoms with Crippen molar-refractivity contribution in [1.29, 1.82) is 0 Å². The number of sulfonamides is 1. The minimum atomic E-state index is -3.24. The number of nitrogens with one attached hydrogen (secondary N) is 1. The maximum Gasteiger partial charge on any atom is 0.251 e. The molecular formula is C29H44N4O3S. The molecule has 2 aromatic rings. The molecule has 0 radical (unpaired) electrons. The number of likely N-dealkylation sites (N-methyl/N-ethyl adjacent to an activating group) is 2. The lowest BCUT2D eigenvalue weighted by molar-refractivity contribution is 0.0893. The number of piperidine rings is 1. The summed E-state index contributed by atoms with van der Waals surface area (Å²) in [5.41, 5.74) is 2.48. The summed E-state index contributed by atoms with van der Waals surface area (Å²) in [6.45, 7) is 8.43. The van der Waals surface area contributed by atoms with E-state index in [1.807, 2.05) is 42.5 Å². The topological polar surface area (TPSA) is 73.0 Å². The standard InChI is InChI=1S/C29H44N4O3S/c1-7-37(35,36)33-19-17-29(18-20-33,26-14-9-8-10-15-26)24(3)30-28(34)27-16-12-11-13-25(27)22-32(6)21-23(2)31(4)5/h8-16,23-24H,7,17-22H2,1-6H3,(H,30,34)/t23?,24-/m0/s1. The van der Waals surface area contributed by atoms with Gasteiger partial charge in [-0.05, 0) is 71.9 Å². The molecule has 0 bridgehead atoms. The van der Waals surface area contributed by atoms with Crippen LogP contribution in [0, 0.1) is 0 Å². The van der Waals surface area contributed by atoms with Gasteiger partial charge in [-0.2, -0.15) is 0 Å². The molecule has 1 heterocycles. The first-order valence-electron chi connectivity index (χ1n) is 13.3. The molecule has 1 aliphatic rings. The monoisotopic (exact) mass is 528 g/mol. The number of amides is 1. The Balaban J connectivity index is 1.81. The van der Waals surface area contributed by atoms with E-state index in [-0.39, 0.29) is 23.1 Å². The van der Waals surface area contributed by atoms with Gasteiger partial charge in [0, 0.05) is 49.2 Å². The SMILES string of the molecule is CCS(=O)(=O)N1CCC(c2ccccc2)([C@H](C)NC(=O)c2ccccc2CN(C)CC(C)N(C)C)CC1. The first-order chi connectivity index (χ1) is 17.5. The second kappa shape index (κ2) is 12.5. The van der Waals surface area contributed by atoms with Gasteiger partial charge in [-0.3, -0.25) is 4.79 Å². The van der Waals surface area contributed by atoms with Gasteiger partial charge < -0.3 is 15.1 Å². The van der Waals surface area contributed by atoms with E-state index in [1.54, 1.807) is 11.2 Å². The molecule has 3 rings (SSSR count). The van der Waals surface area contributed by atoms with Crippen LogP contribution in [0.1, 0.15) is 55.1 Å². The van der Waals surface area contributed by atoms with Gasteiger partial charge in [-0.15, -0.1) is 0 Å². The maximum absolute atomic E-state index is 13.6. The van der Waals surface area contributed by atoms with Gasteiger partial charge in [0.1, 0.15) is 0 Å². The predicted molar refractivity (Wildman–Crippen MR) is 151 cm³/mol. The highest BCUT2D eigenvalue weighted by atomic mass is 32.2. The number of carbonyl (C=O) groups is 1. The largest absolute Gasteiger partial charge is 0.349 e.